The third kappa shape index (κ3) is 2.05. The highest BCUT2D eigenvalue weighted by molar-refractivity contribution is 6.36. The first-order valence-electron chi connectivity index (χ1n) is 3.25. The van der Waals surface area contributed by atoms with Crippen LogP contribution in [0.3, 0.4) is 0 Å². The molecule has 0 N–H and O–H groups in total. The molecule has 8 heteroatoms. The van der Waals surface area contributed by atoms with Crippen LogP contribution < -0.4 is 0 Å². The van der Waals surface area contributed by atoms with E-state index < -0.39 is 4.92 Å². The number of rotatable bonds is 2. The number of nitrogens with zero attached hydrogens (tertiary/aromatic N) is 4. The molecule has 0 saturated heterocycles. The van der Waals surface area contributed by atoms with Crippen molar-refractivity contribution < 1.29 is 4.92 Å². The van der Waals surface area contributed by atoms with Gasteiger partial charge in [0.25, 0.3) is 5.69 Å². The van der Waals surface area contributed by atoms with Crippen molar-refractivity contribution in [3.8, 4) is 0 Å². The minimum atomic E-state index is -0.673. The van der Waals surface area contributed by atoms with Gasteiger partial charge in [0.05, 0.1) is 15.6 Å². The van der Waals surface area contributed by atoms with Gasteiger partial charge < -0.3 is 0 Å². The molecule has 0 aliphatic rings. The van der Waals surface area contributed by atoms with E-state index in [4.69, 9.17) is 28.7 Å². The van der Waals surface area contributed by atoms with E-state index in [0.29, 0.717) is 0 Å². The van der Waals surface area contributed by atoms with Crippen LogP contribution in [0.15, 0.2) is 17.2 Å². The summed E-state index contributed by atoms with van der Waals surface area (Å²) in [5.74, 6) is 0. The SMILES string of the molecule is [N-]=[N+]=Nc1cc(Cl)c([N+](=O)[O-])cc1Cl. The zero-order valence-corrected chi connectivity index (χ0v) is 8.03. The van der Waals surface area contributed by atoms with Gasteiger partial charge in [0.15, 0.2) is 0 Å². The Balaban J connectivity index is 3.37. The maximum atomic E-state index is 10.4. The van der Waals surface area contributed by atoms with Gasteiger partial charge in [0.2, 0.25) is 0 Å². The topological polar surface area (TPSA) is 91.9 Å². The third-order valence-electron chi connectivity index (χ3n) is 1.37. The van der Waals surface area contributed by atoms with E-state index in [1.54, 1.807) is 0 Å². The Morgan fingerprint density at radius 2 is 2.07 bits per heavy atom. The Kier molecular flexibility index (Phi) is 3.14. The summed E-state index contributed by atoms with van der Waals surface area (Å²) in [5.41, 5.74) is 7.87. The highest BCUT2D eigenvalue weighted by Crippen LogP contribution is 2.35. The molecule has 14 heavy (non-hydrogen) atoms. The molecule has 0 radical (unpaired) electrons. The zero-order valence-electron chi connectivity index (χ0n) is 6.52. The number of nitro benzene ring substituents is 1. The van der Waals surface area contributed by atoms with Gasteiger partial charge in [-0.1, -0.05) is 28.3 Å². The largest absolute Gasteiger partial charge is 0.289 e. The number of halogens is 2. The summed E-state index contributed by atoms with van der Waals surface area (Å²) < 4.78 is 0. The number of nitro groups is 1. The molecule has 0 heterocycles. The Labute approximate surface area is 87.8 Å². The van der Waals surface area contributed by atoms with Crippen LogP contribution in [0.25, 0.3) is 10.4 Å². The molecule has 0 fully saturated rings. The van der Waals surface area contributed by atoms with Gasteiger partial charge in [0.1, 0.15) is 5.02 Å². The van der Waals surface area contributed by atoms with Gasteiger partial charge in [-0.05, 0) is 11.6 Å². The molecule has 72 valence electrons. The van der Waals surface area contributed by atoms with Crippen LogP contribution in [-0.2, 0) is 0 Å². The van der Waals surface area contributed by atoms with E-state index in [9.17, 15) is 10.1 Å². The van der Waals surface area contributed by atoms with Crippen LogP contribution in [0.5, 0.6) is 0 Å². The molecule has 0 bridgehead atoms. The van der Waals surface area contributed by atoms with Crippen LogP contribution in [0.2, 0.25) is 10.0 Å². The normalized spacial score (nSPS) is 9.29. The van der Waals surface area contributed by atoms with Crippen molar-refractivity contribution in [2.24, 2.45) is 5.11 Å². The van der Waals surface area contributed by atoms with Crippen LogP contribution in [0.1, 0.15) is 0 Å². The maximum Gasteiger partial charge on any atom is 0.289 e. The second-order valence-electron chi connectivity index (χ2n) is 2.20. The van der Waals surface area contributed by atoms with Gasteiger partial charge >= 0.3 is 0 Å². The number of benzene rings is 1. The van der Waals surface area contributed by atoms with Gasteiger partial charge in [-0.3, -0.25) is 10.1 Å². The van der Waals surface area contributed by atoms with Crippen molar-refractivity contribution in [3.63, 3.8) is 0 Å². The predicted molar refractivity (Wildman–Crippen MR) is 51.9 cm³/mol. The van der Waals surface area contributed by atoms with Crippen molar-refractivity contribution in [3.05, 3.63) is 42.7 Å². The molecular formula is C6H2Cl2N4O2. The highest BCUT2D eigenvalue weighted by atomic mass is 35.5. The lowest BCUT2D eigenvalue weighted by Gasteiger charge is -1.98. The van der Waals surface area contributed by atoms with Gasteiger partial charge in [-0.15, -0.1) is 0 Å². The number of hydrogen-bond donors (Lipinski definition) is 0. The van der Waals surface area contributed by atoms with Crippen molar-refractivity contribution in [2.75, 3.05) is 0 Å². The first-order valence-corrected chi connectivity index (χ1v) is 4.00. The lowest BCUT2D eigenvalue weighted by molar-refractivity contribution is -0.384. The van der Waals surface area contributed by atoms with Crippen molar-refractivity contribution in [1.82, 2.24) is 0 Å². The smallest absolute Gasteiger partial charge is 0.258 e. The quantitative estimate of drug-likeness (QED) is 0.255. The van der Waals surface area contributed by atoms with E-state index in [2.05, 4.69) is 10.0 Å². The zero-order chi connectivity index (χ0) is 10.7. The van der Waals surface area contributed by atoms with E-state index in [-0.39, 0.29) is 21.4 Å². The summed E-state index contributed by atoms with van der Waals surface area (Å²) in [4.78, 5) is 12.2. The molecule has 6 nitrogen and oxygen atoms in total. The van der Waals surface area contributed by atoms with E-state index in [1.165, 1.54) is 0 Å². The molecule has 1 rings (SSSR count). The van der Waals surface area contributed by atoms with Gasteiger partial charge in [0, 0.05) is 11.0 Å². The van der Waals surface area contributed by atoms with Crippen LogP contribution >= 0.6 is 23.2 Å². The fourth-order valence-electron chi connectivity index (χ4n) is 0.791. The molecule has 0 aliphatic heterocycles. The molecular weight excluding hydrogens is 231 g/mol. The molecule has 1 aromatic rings. The van der Waals surface area contributed by atoms with Crippen LogP contribution in [0, 0.1) is 10.1 Å². The summed E-state index contributed by atoms with van der Waals surface area (Å²) in [6.45, 7) is 0. The molecule has 0 aliphatic carbocycles. The Hall–Kier alpha value is -1.49. The van der Waals surface area contributed by atoms with E-state index in [1.807, 2.05) is 0 Å². The summed E-state index contributed by atoms with van der Waals surface area (Å²) in [6.07, 6.45) is 0. The molecule has 0 aromatic heterocycles. The summed E-state index contributed by atoms with van der Waals surface area (Å²) in [6, 6.07) is 2.18. The Morgan fingerprint density at radius 1 is 1.43 bits per heavy atom. The van der Waals surface area contributed by atoms with Crippen molar-refractivity contribution >= 4 is 34.6 Å². The first kappa shape index (κ1) is 10.6. The fraction of sp³-hybridized carbons (Fsp3) is 0. The Bertz CT molecular complexity index is 414. The molecule has 0 unspecified atom stereocenters. The second kappa shape index (κ2) is 4.15. The lowest BCUT2D eigenvalue weighted by atomic mass is 10.3. The fourth-order valence-corrected chi connectivity index (χ4v) is 1.21. The van der Waals surface area contributed by atoms with E-state index >= 15 is 0 Å². The standard InChI is InChI=1S/C6H2Cl2N4O2/c7-3-2-6(12(13)14)4(8)1-5(3)10-11-9/h1-2H. The molecule has 0 spiro atoms. The Morgan fingerprint density at radius 3 is 2.57 bits per heavy atom. The maximum absolute atomic E-state index is 10.4. The predicted octanol–water partition coefficient (Wildman–Crippen LogP) is 3.84. The average molecular weight is 233 g/mol. The summed E-state index contributed by atoms with van der Waals surface area (Å²) in [7, 11) is 0. The third-order valence-corrected chi connectivity index (χ3v) is 1.97. The molecule has 0 atom stereocenters. The minimum Gasteiger partial charge on any atom is -0.258 e. The second-order valence-corrected chi connectivity index (χ2v) is 3.02. The van der Waals surface area contributed by atoms with Gasteiger partial charge in [-0.2, -0.15) is 0 Å². The summed E-state index contributed by atoms with van der Waals surface area (Å²) >= 11 is 11.1. The van der Waals surface area contributed by atoms with Crippen molar-refractivity contribution in [2.45, 2.75) is 0 Å². The monoisotopic (exact) mass is 232 g/mol. The van der Waals surface area contributed by atoms with E-state index in [0.717, 1.165) is 12.1 Å². The minimum absolute atomic E-state index is 0.0149. The molecule has 0 saturated carbocycles. The highest BCUT2D eigenvalue weighted by Gasteiger charge is 2.14. The number of azide groups is 1. The van der Waals surface area contributed by atoms with Crippen molar-refractivity contribution in [1.29, 1.82) is 0 Å². The molecule has 0 amide bonds. The lowest BCUT2D eigenvalue weighted by Crippen LogP contribution is -1.88. The average Bonchev–Trinajstić information content (AvgIpc) is 2.10. The molecule has 1 aromatic carbocycles. The van der Waals surface area contributed by atoms with Crippen LogP contribution in [-0.4, -0.2) is 4.92 Å². The van der Waals surface area contributed by atoms with Crippen LogP contribution in [0.4, 0.5) is 11.4 Å². The number of hydrogen-bond acceptors (Lipinski definition) is 3. The first-order chi connectivity index (χ1) is 6.56. The van der Waals surface area contributed by atoms with Gasteiger partial charge in [-0.25, -0.2) is 0 Å². The summed E-state index contributed by atoms with van der Waals surface area (Å²) in [5, 5.41) is 13.5.